The van der Waals surface area contributed by atoms with Crippen LogP contribution in [0, 0.1) is 0 Å². The van der Waals surface area contributed by atoms with Crippen LogP contribution in [0.4, 0.5) is 5.82 Å². The maximum Gasteiger partial charge on any atom is 0.272 e. The highest BCUT2D eigenvalue weighted by molar-refractivity contribution is 7.94. The van der Waals surface area contributed by atoms with E-state index in [2.05, 4.69) is 25.1 Å². The van der Waals surface area contributed by atoms with Gasteiger partial charge in [0.05, 0.1) is 41.3 Å². The van der Waals surface area contributed by atoms with Gasteiger partial charge < -0.3 is 20.8 Å². The smallest absolute Gasteiger partial charge is 0.272 e. The molecule has 1 unspecified atom stereocenters. The second-order valence-electron chi connectivity index (χ2n) is 8.95. The first-order chi connectivity index (χ1) is 19.2. The van der Waals surface area contributed by atoms with Crippen molar-refractivity contribution in [1.29, 1.82) is 0 Å². The number of thiophene rings is 1. The lowest BCUT2D eigenvalue weighted by atomic mass is 10.1. The highest BCUT2D eigenvalue weighted by Crippen LogP contribution is 2.35. The van der Waals surface area contributed by atoms with Crippen molar-refractivity contribution in [1.82, 2.24) is 25.1 Å². The van der Waals surface area contributed by atoms with E-state index in [0.717, 1.165) is 28.2 Å². The lowest BCUT2D eigenvalue weighted by Gasteiger charge is -2.12. The van der Waals surface area contributed by atoms with E-state index in [1.807, 2.05) is 36.4 Å². The normalized spacial score (nSPS) is 12.4. The number of nitrogens with one attached hydrogen (secondary N) is 3. The first kappa shape index (κ1) is 27.6. The number of nitrogens with zero attached hydrogens (tertiary/aromatic N) is 3. The largest absolute Gasteiger partial charge is 0.496 e. The molecule has 5 N–H and O–H groups in total. The fraction of sp³-hybridized carbons (Fsp3) is 0.192. The third kappa shape index (κ3) is 6.12. The molecule has 2 aromatic carbocycles. The van der Waals surface area contributed by atoms with Crippen LogP contribution in [-0.4, -0.2) is 47.2 Å². The van der Waals surface area contributed by atoms with Crippen LogP contribution in [0.3, 0.4) is 0 Å². The van der Waals surface area contributed by atoms with Crippen LogP contribution < -0.4 is 20.5 Å². The molecular formula is C26H26ClN7O4S2. The van der Waals surface area contributed by atoms with Crippen molar-refractivity contribution in [3.63, 3.8) is 0 Å². The Morgan fingerprint density at radius 1 is 1.20 bits per heavy atom. The van der Waals surface area contributed by atoms with E-state index in [1.54, 1.807) is 23.3 Å². The molecular weight excluding hydrogens is 574 g/mol. The second kappa shape index (κ2) is 11.7. The van der Waals surface area contributed by atoms with Crippen molar-refractivity contribution in [2.75, 3.05) is 11.8 Å². The number of amides is 1. The molecule has 5 aromatic rings. The fourth-order valence-electron chi connectivity index (χ4n) is 4.24. The van der Waals surface area contributed by atoms with Crippen LogP contribution in [0.1, 0.15) is 16.8 Å². The standard InChI is InChI=1S/C26H26ClN7O4S2/c1-38-21-7-3-6-20-24(21)25(33-40(36,37)23-9-8-22(27)39-23)32-34(20)14-17-5-2-4-16(10-17)12-30-26(35)19(28)11-18-13-29-15-31-18/h2-10,13,15,19H,11-12,14,28H2,1H3,(H,29,31)(H,30,35)(H,32,33). The van der Waals surface area contributed by atoms with Gasteiger partial charge in [0.1, 0.15) is 9.96 Å². The summed E-state index contributed by atoms with van der Waals surface area (Å²) in [6.07, 6.45) is 3.54. The van der Waals surface area contributed by atoms with Crippen LogP contribution in [0.2, 0.25) is 4.34 Å². The number of carbonyl (C=O) groups excluding carboxylic acids is 1. The predicted molar refractivity (Wildman–Crippen MR) is 154 cm³/mol. The molecule has 1 amide bonds. The molecule has 0 radical (unpaired) electrons. The Hall–Kier alpha value is -3.91. The third-order valence-corrected chi connectivity index (χ3v) is 9.19. The summed E-state index contributed by atoms with van der Waals surface area (Å²) in [6, 6.07) is 15.3. The number of fused-ring (bicyclic) bond motifs is 1. The molecule has 3 heterocycles. The summed E-state index contributed by atoms with van der Waals surface area (Å²) < 4.78 is 36.3. The average molecular weight is 600 g/mol. The van der Waals surface area contributed by atoms with Crippen molar-refractivity contribution in [2.24, 2.45) is 5.73 Å². The number of methoxy groups -OCH3 is 1. The van der Waals surface area contributed by atoms with Gasteiger partial charge in [0.25, 0.3) is 10.0 Å². The molecule has 1 atom stereocenters. The lowest BCUT2D eigenvalue weighted by molar-refractivity contribution is -0.122. The van der Waals surface area contributed by atoms with Crippen LogP contribution in [0.15, 0.2) is 71.3 Å². The minimum absolute atomic E-state index is 0.0779. The van der Waals surface area contributed by atoms with Gasteiger partial charge >= 0.3 is 0 Å². The minimum Gasteiger partial charge on any atom is -0.496 e. The Balaban J connectivity index is 1.35. The molecule has 0 spiro atoms. The number of halogens is 1. The van der Waals surface area contributed by atoms with Gasteiger partial charge in [-0.1, -0.05) is 41.9 Å². The molecule has 0 saturated carbocycles. The van der Waals surface area contributed by atoms with Crippen molar-refractivity contribution in [3.05, 3.63) is 88.3 Å². The van der Waals surface area contributed by atoms with Gasteiger partial charge in [0.2, 0.25) is 5.91 Å². The molecule has 5 rings (SSSR count). The zero-order chi connectivity index (χ0) is 28.3. The Morgan fingerprint density at radius 3 is 2.73 bits per heavy atom. The zero-order valence-electron chi connectivity index (χ0n) is 21.3. The summed E-state index contributed by atoms with van der Waals surface area (Å²) in [7, 11) is -2.40. The quantitative estimate of drug-likeness (QED) is 0.181. The monoisotopic (exact) mass is 599 g/mol. The molecule has 40 heavy (non-hydrogen) atoms. The van der Waals surface area contributed by atoms with E-state index in [4.69, 9.17) is 22.1 Å². The lowest BCUT2D eigenvalue weighted by Crippen LogP contribution is -2.41. The number of hydrogen-bond acceptors (Lipinski definition) is 8. The van der Waals surface area contributed by atoms with E-state index in [1.165, 1.54) is 19.2 Å². The zero-order valence-corrected chi connectivity index (χ0v) is 23.7. The predicted octanol–water partition coefficient (Wildman–Crippen LogP) is 3.52. The van der Waals surface area contributed by atoms with Gasteiger partial charge in [0, 0.05) is 24.9 Å². The Labute approximate surface area is 239 Å². The number of aromatic amines is 1. The molecule has 0 aliphatic carbocycles. The van der Waals surface area contributed by atoms with Crippen molar-refractivity contribution in [3.8, 4) is 5.75 Å². The number of anilines is 1. The van der Waals surface area contributed by atoms with Crippen molar-refractivity contribution >= 4 is 55.6 Å². The number of ether oxygens (including phenoxy) is 1. The van der Waals surface area contributed by atoms with E-state index >= 15 is 0 Å². The van der Waals surface area contributed by atoms with Gasteiger partial charge in [-0.05, 0) is 35.4 Å². The third-order valence-electron chi connectivity index (χ3n) is 6.13. The number of aromatic nitrogens is 4. The summed E-state index contributed by atoms with van der Waals surface area (Å²) in [5.41, 5.74) is 9.28. The topological polar surface area (TPSA) is 157 Å². The first-order valence-corrected chi connectivity index (χ1v) is 14.8. The number of benzene rings is 2. The summed E-state index contributed by atoms with van der Waals surface area (Å²) in [5.74, 6) is 0.356. The number of carbonyl (C=O) groups is 1. The molecule has 0 aliphatic heterocycles. The average Bonchev–Trinajstić information content (AvgIpc) is 3.69. The number of nitrogens with two attached hydrogens (primary N) is 1. The first-order valence-electron chi connectivity index (χ1n) is 12.1. The highest BCUT2D eigenvalue weighted by atomic mass is 35.5. The molecule has 0 bridgehead atoms. The Bertz CT molecular complexity index is 1750. The second-order valence-corrected chi connectivity index (χ2v) is 12.6. The molecule has 11 nitrogen and oxygen atoms in total. The van der Waals surface area contributed by atoms with Gasteiger partial charge in [-0.15, -0.1) is 11.3 Å². The van der Waals surface area contributed by atoms with Gasteiger partial charge in [0.15, 0.2) is 5.82 Å². The molecule has 0 aliphatic rings. The van der Waals surface area contributed by atoms with E-state index in [0.29, 0.717) is 40.5 Å². The summed E-state index contributed by atoms with van der Waals surface area (Å²) in [5, 5.41) is 8.00. The minimum atomic E-state index is -3.92. The maximum absolute atomic E-state index is 13.0. The van der Waals surface area contributed by atoms with Crippen LogP contribution in [0.25, 0.3) is 10.9 Å². The van der Waals surface area contributed by atoms with E-state index in [-0.39, 0.29) is 15.9 Å². The van der Waals surface area contributed by atoms with Crippen LogP contribution >= 0.6 is 22.9 Å². The molecule has 3 aromatic heterocycles. The molecule has 14 heteroatoms. The van der Waals surface area contributed by atoms with Gasteiger partial charge in [-0.2, -0.15) is 5.10 Å². The van der Waals surface area contributed by atoms with E-state index < -0.39 is 16.1 Å². The number of imidazole rings is 1. The number of rotatable bonds is 11. The Kier molecular flexibility index (Phi) is 8.07. The molecule has 208 valence electrons. The van der Waals surface area contributed by atoms with Crippen molar-refractivity contribution in [2.45, 2.75) is 29.8 Å². The van der Waals surface area contributed by atoms with Crippen molar-refractivity contribution < 1.29 is 17.9 Å². The van der Waals surface area contributed by atoms with E-state index in [9.17, 15) is 13.2 Å². The van der Waals surface area contributed by atoms with Gasteiger partial charge in [-0.25, -0.2) is 13.4 Å². The number of hydrogen-bond donors (Lipinski definition) is 4. The summed E-state index contributed by atoms with van der Waals surface area (Å²) in [6.45, 7) is 0.642. The van der Waals surface area contributed by atoms with Gasteiger partial charge in [-0.3, -0.25) is 14.2 Å². The maximum atomic E-state index is 13.0. The summed E-state index contributed by atoms with van der Waals surface area (Å²) >= 11 is 6.91. The van der Waals surface area contributed by atoms with Crippen LogP contribution in [-0.2, 0) is 34.3 Å². The summed E-state index contributed by atoms with van der Waals surface area (Å²) in [4.78, 5) is 19.4. The Morgan fingerprint density at radius 2 is 2.00 bits per heavy atom. The SMILES string of the molecule is COc1cccc2c1c(NS(=O)(=O)c1ccc(Cl)s1)nn2Cc1cccc(CNC(=O)C(N)Cc2cnc[nH]2)c1. The van der Waals surface area contributed by atoms with Crippen LogP contribution in [0.5, 0.6) is 5.75 Å². The molecule has 0 fully saturated rings. The molecule has 0 saturated heterocycles. The fourth-order valence-corrected chi connectivity index (χ4v) is 6.73. The number of H-pyrrole nitrogens is 1. The highest BCUT2D eigenvalue weighted by Gasteiger charge is 2.23. The number of sulfonamides is 1.